The Balaban J connectivity index is 1.39. The van der Waals surface area contributed by atoms with E-state index in [9.17, 15) is 22.0 Å². The van der Waals surface area contributed by atoms with Crippen molar-refractivity contribution in [3.8, 4) is 5.75 Å². The molecular weight excluding hydrogens is 563 g/mol. The highest BCUT2D eigenvalue weighted by atomic mass is 19.4. The number of ether oxygens (including phenoxy) is 1. The molecule has 3 heterocycles. The summed E-state index contributed by atoms with van der Waals surface area (Å²) in [5, 5.41) is 6.72. The molecule has 226 valence electrons. The number of aromatic amines is 1. The molecule has 1 aliphatic carbocycles. The maximum absolute atomic E-state index is 14.6. The van der Waals surface area contributed by atoms with Crippen molar-refractivity contribution in [2.24, 2.45) is 11.8 Å². The fourth-order valence-electron chi connectivity index (χ4n) is 6.09. The second kappa shape index (κ2) is 12.1. The molecule has 6 rings (SSSR count). The molecule has 2 fully saturated rings. The molecule has 1 atom stereocenters. The number of aromatic nitrogens is 3. The van der Waals surface area contributed by atoms with Crippen LogP contribution in [0.3, 0.4) is 0 Å². The quantitative estimate of drug-likeness (QED) is 0.200. The number of hydrogen-bond donors (Lipinski definition) is 1. The zero-order chi connectivity index (χ0) is 30.1. The van der Waals surface area contributed by atoms with E-state index in [0.29, 0.717) is 41.1 Å². The second-order valence-electron chi connectivity index (χ2n) is 11.6. The van der Waals surface area contributed by atoms with Gasteiger partial charge in [0.2, 0.25) is 5.95 Å². The summed E-state index contributed by atoms with van der Waals surface area (Å²) in [7, 11) is 0. The predicted molar refractivity (Wildman–Crippen MR) is 156 cm³/mol. The molecule has 1 N–H and O–H groups in total. The molecular formula is C33H33F5N4O. The number of aryl methyl sites for hydroxylation is 1. The summed E-state index contributed by atoms with van der Waals surface area (Å²) in [6, 6.07) is 14.1. The molecule has 43 heavy (non-hydrogen) atoms. The molecule has 2 aliphatic rings. The van der Waals surface area contributed by atoms with Gasteiger partial charge in [-0.2, -0.15) is 22.7 Å². The van der Waals surface area contributed by atoms with Gasteiger partial charge in [-0.25, -0.2) is 0 Å². The molecule has 2 aromatic carbocycles. The van der Waals surface area contributed by atoms with Crippen LogP contribution in [0, 0.1) is 24.7 Å². The van der Waals surface area contributed by atoms with E-state index in [4.69, 9.17) is 4.74 Å². The summed E-state index contributed by atoms with van der Waals surface area (Å²) in [4.78, 5) is 6.58. The highest BCUT2D eigenvalue weighted by molar-refractivity contribution is 6.01. The van der Waals surface area contributed by atoms with Crippen LogP contribution in [0.2, 0.25) is 0 Å². The van der Waals surface area contributed by atoms with Gasteiger partial charge in [-0.1, -0.05) is 24.6 Å². The van der Waals surface area contributed by atoms with Gasteiger partial charge in [-0.3, -0.25) is 19.4 Å². The van der Waals surface area contributed by atoms with Gasteiger partial charge in [0.1, 0.15) is 12.4 Å². The summed E-state index contributed by atoms with van der Waals surface area (Å²) in [5.41, 5.74) is 3.83. The van der Waals surface area contributed by atoms with E-state index in [1.54, 1.807) is 19.1 Å². The van der Waals surface area contributed by atoms with Crippen molar-refractivity contribution in [2.75, 3.05) is 32.9 Å². The number of alkyl halides is 4. The number of pyridine rings is 1. The fourth-order valence-corrected chi connectivity index (χ4v) is 6.09. The number of halogens is 5. The molecule has 10 heteroatoms. The Morgan fingerprint density at radius 2 is 1.81 bits per heavy atom. The smallest absolute Gasteiger partial charge is 0.417 e. The van der Waals surface area contributed by atoms with Crippen molar-refractivity contribution in [1.29, 1.82) is 0 Å². The van der Waals surface area contributed by atoms with Crippen LogP contribution in [-0.4, -0.2) is 53.0 Å². The maximum atomic E-state index is 14.6. The topological polar surface area (TPSA) is 54.0 Å². The lowest BCUT2D eigenvalue weighted by molar-refractivity contribution is -0.137. The van der Waals surface area contributed by atoms with Crippen molar-refractivity contribution in [1.82, 2.24) is 20.1 Å². The molecule has 0 bridgehead atoms. The van der Waals surface area contributed by atoms with Crippen LogP contribution in [-0.2, 0) is 6.18 Å². The van der Waals surface area contributed by atoms with Gasteiger partial charge >= 0.3 is 6.18 Å². The van der Waals surface area contributed by atoms with Crippen molar-refractivity contribution < 1.29 is 26.7 Å². The van der Waals surface area contributed by atoms with E-state index in [-0.39, 0.29) is 18.5 Å². The molecule has 0 unspecified atom stereocenters. The first-order chi connectivity index (χ1) is 20.7. The van der Waals surface area contributed by atoms with Crippen LogP contribution in [0.5, 0.6) is 5.75 Å². The second-order valence-corrected chi connectivity index (χ2v) is 11.6. The number of benzene rings is 2. The average Bonchev–Trinajstić information content (AvgIpc) is 3.58. The summed E-state index contributed by atoms with van der Waals surface area (Å²) in [6.45, 7) is 4.16. The number of rotatable bonds is 9. The van der Waals surface area contributed by atoms with E-state index in [2.05, 4.69) is 20.1 Å². The minimum atomic E-state index is -4.50. The SMILES string of the molecule is Cc1cc(C(F)(F)F)cnc1/C(=C(\c1ccc(OCCN2CC[C@@H](CF)C2)cc1)c1ccc2n[nH]c(F)c2c1)C1CCC1. The Hall–Kier alpha value is -3.79. The largest absolute Gasteiger partial charge is 0.492 e. The summed E-state index contributed by atoms with van der Waals surface area (Å²) < 4.78 is 74.1. The molecule has 1 saturated heterocycles. The van der Waals surface area contributed by atoms with Gasteiger partial charge in [0.25, 0.3) is 0 Å². The van der Waals surface area contributed by atoms with Crippen LogP contribution in [0.4, 0.5) is 22.0 Å². The number of allylic oxidation sites excluding steroid dienone is 1. The first kappa shape index (κ1) is 29.3. The van der Waals surface area contributed by atoms with Crippen LogP contribution in [0.1, 0.15) is 53.6 Å². The Kier molecular flexibility index (Phi) is 8.22. The highest BCUT2D eigenvalue weighted by Crippen LogP contribution is 2.46. The zero-order valence-corrected chi connectivity index (χ0v) is 23.9. The molecule has 2 aromatic heterocycles. The first-order valence-electron chi connectivity index (χ1n) is 14.6. The van der Waals surface area contributed by atoms with Crippen LogP contribution in [0.15, 0.2) is 54.7 Å². The fraction of sp³-hybridized carbons (Fsp3) is 0.394. The Morgan fingerprint density at radius 1 is 1.05 bits per heavy atom. The molecule has 0 spiro atoms. The molecule has 0 amide bonds. The summed E-state index contributed by atoms with van der Waals surface area (Å²) >= 11 is 0. The van der Waals surface area contributed by atoms with Gasteiger partial charge in [-0.05, 0) is 96.8 Å². The van der Waals surface area contributed by atoms with E-state index >= 15 is 0 Å². The molecule has 4 aromatic rings. The van der Waals surface area contributed by atoms with Gasteiger partial charge in [0.05, 0.1) is 28.8 Å². The predicted octanol–water partition coefficient (Wildman–Crippen LogP) is 7.85. The number of likely N-dealkylation sites (tertiary alicyclic amines) is 1. The Labute approximate surface area is 246 Å². The lowest BCUT2D eigenvalue weighted by Gasteiger charge is -2.32. The van der Waals surface area contributed by atoms with E-state index in [1.807, 2.05) is 30.3 Å². The Bertz CT molecular complexity index is 1620. The first-order valence-corrected chi connectivity index (χ1v) is 14.6. The number of nitrogens with zero attached hydrogens (tertiary/aromatic N) is 3. The minimum absolute atomic E-state index is 0.0902. The van der Waals surface area contributed by atoms with E-state index in [0.717, 1.165) is 73.3 Å². The van der Waals surface area contributed by atoms with Gasteiger partial charge in [0, 0.05) is 25.2 Å². The van der Waals surface area contributed by atoms with Gasteiger partial charge < -0.3 is 4.74 Å². The van der Waals surface area contributed by atoms with Crippen LogP contribution in [0.25, 0.3) is 22.0 Å². The Morgan fingerprint density at radius 3 is 2.47 bits per heavy atom. The van der Waals surface area contributed by atoms with Crippen molar-refractivity contribution in [3.63, 3.8) is 0 Å². The summed E-state index contributed by atoms with van der Waals surface area (Å²) in [6.07, 6.45) is 0.0276. The molecule has 5 nitrogen and oxygen atoms in total. The van der Waals surface area contributed by atoms with Gasteiger partial charge in [0.15, 0.2) is 0 Å². The lowest BCUT2D eigenvalue weighted by Crippen LogP contribution is -2.26. The molecule has 1 aliphatic heterocycles. The van der Waals surface area contributed by atoms with Gasteiger partial charge in [-0.15, -0.1) is 0 Å². The lowest BCUT2D eigenvalue weighted by atomic mass is 9.73. The normalized spacial score (nSPS) is 18.6. The number of nitrogens with one attached hydrogen (secondary N) is 1. The minimum Gasteiger partial charge on any atom is -0.492 e. The standard InChI is InChI=1S/C33H33F5N4O/c1-20-15-25(33(36,37)38)18-39-31(20)30(22-3-2-4-22)29(24-7-10-28-27(16-24)32(35)41-40-28)23-5-8-26(9-6-23)43-14-13-42-12-11-21(17-34)19-42/h5-10,15-16,18,21-22H,2-4,11-14,17,19H2,1H3,(H,40,41)/b30-29+/t21-/m0/s1. The maximum Gasteiger partial charge on any atom is 0.417 e. The average molecular weight is 597 g/mol. The van der Waals surface area contributed by atoms with Crippen LogP contribution >= 0.6 is 0 Å². The third kappa shape index (κ3) is 6.16. The molecule has 0 radical (unpaired) electrons. The van der Waals surface area contributed by atoms with Crippen molar-refractivity contribution >= 4 is 22.0 Å². The number of hydrogen-bond acceptors (Lipinski definition) is 4. The highest BCUT2D eigenvalue weighted by Gasteiger charge is 2.34. The third-order valence-electron chi connectivity index (χ3n) is 8.65. The number of H-pyrrole nitrogens is 1. The molecule has 1 saturated carbocycles. The monoisotopic (exact) mass is 596 g/mol. The number of fused-ring (bicyclic) bond motifs is 1. The van der Waals surface area contributed by atoms with Crippen LogP contribution < -0.4 is 4.74 Å². The van der Waals surface area contributed by atoms with E-state index in [1.165, 1.54) is 0 Å². The van der Waals surface area contributed by atoms with E-state index < -0.39 is 17.7 Å². The zero-order valence-electron chi connectivity index (χ0n) is 23.9. The van der Waals surface area contributed by atoms with Crippen molar-refractivity contribution in [3.05, 3.63) is 88.6 Å². The third-order valence-corrected chi connectivity index (χ3v) is 8.65. The summed E-state index contributed by atoms with van der Waals surface area (Å²) in [5.74, 6) is 0.318. The van der Waals surface area contributed by atoms with Crippen molar-refractivity contribution in [2.45, 2.75) is 38.8 Å².